The zero-order valence-electron chi connectivity index (χ0n) is 52.7. The van der Waals surface area contributed by atoms with Crippen molar-refractivity contribution in [3.63, 3.8) is 0 Å². The van der Waals surface area contributed by atoms with Gasteiger partial charge in [-0.1, -0.05) is 66.7 Å². The molecule has 0 amide bonds. The minimum absolute atomic E-state index is 0.00866. The summed E-state index contributed by atoms with van der Waals surface area (Å²) in [5.74, 6) is 0.605. The van der Waals surface area contributed by atoms with Gasteiger partial charge in [-0.05, 0) is 24.0 Å². The fourth-order valence-electron chi connectivity index (χ4n) is 12.4. The molecule has 83 heavy (non-hydrogen) atoms. The number of aryl methyl sites for hydroxylation is 2. The molecule has 0 atom stereocenters. The van der Waals surface area contributed by atoms with Gasteiger partial charge < -0.3 is 4.40 Å². The first kappa shape index (κ1) is 44.5. The van der Waals surface area contributed by atoms with Crippen molar-refractivity contribution in [2.75, 3.05) is 0 Å². The van der Waals surface area contributed by atoms with E-state index in [2.05, 4.69) is 214 Å². The molecule has 7 heteroatoms. The topological polar surface area (TPSA) is 41.3 Å². The van der Waals surface area contributed by atoms with Gasteiger partial charge in [0, 0.05) is 37.4 Å². The van der Waals surface area contributed by atoms with Gasteiger partial charge in [-0.15, -0.1) is 0 Å². The first-order chi connectivity index (χ1) is 42.6. The van der Waals surface area contributed by atoms with Crippen LogP contribution in [-0.2, 0) is 30.2 Å². The Bertz CT molecular complexity index is 5390. The molecule has 0 aliphatic rings. The van der Waals surface area contributed by atoms with E-state index in [9.17, 15) is 0 Å². The quantitative estimate of drug-likeness (QED) is 0.142. The summed E-state index contributed by atoms with van der Waals surface area (Å²) in [5.41, 5.74) is 15.8. The number of aromatic nitrogens is 5. The van der Waals surface area contributed by atoms with Gasteiger partial charge >= 0.3 is 356 Å². The number of hydrogen-bond donors (Lipinski definition) is 0. The Morgan fingerprint density at radius 2 is 1.06 bits per heavy atom. The molecule has 10 aromatic carbocycles. The summed E-state index contributed by atoms with van der Waals surface area (Å²) < 4.78 is 69.8. The van der Waals surface area contributed by atoms with Crippen molar-refractivity contribution in [2.24, 2.45) is 0 Å². The van der Waals surface area contributed by atoms with Gasteiger partial charge in [0.25, 0.3) is 0 Å². The summed E-state index contributed by atoms with van der Waals surface area (Å²) in [6.45, 7) is 8.48. The molecule has 0 saturated carbocycles. The number of hydrogen-bond acceptors (Lipinski definition) is 2. The second-order valence-corrected chi connectivity index (χ2v) is 24.8. The molecule has 15 aromatic rings. The number of para-hydroxylation sites is 5. The molecule has 0 radical (unpaired) electrons. The molecule has 406 valence electrons. The van der Waals surface area contributed by atoms with Crippen molar-refractivity contribution < 1.29 is 32.3 Å². The van der Waals surface area contributed by atoms with Crippen molar-refractivity contribution in [3.05, 3.63) is 251 Å². The van der Waals surface area contributed by atoms with Crippen molar-refractivity contribution in [2.45, 2.75) is 66.1 Å². The maximum absolute atomic E-state index is 8.91. The number of ether oxygens (including phenoxy) is 1. The second kappa shape index (κ2) is 19.0. The molecule has 5 heterocycles. The van der Waals surface area contributed by atoms with Crippen LogP contribution in [-0.4, -0.2) is 23.1 Å². The molecule has 0 unspecified atom stereocenters. The molecule has 0 aliphatic carbocycles. The fourth-order valence-corrected chi connectivity index (χ4v) is 13.5. The Morgan fingerprint density at radius 3 is 1.76 bits per heavy atom. The number of benzene rings is 10. The Balaban J connectivity index is 0.938. The standard InChI is InChI=1S/C76H59N5O.Pt/c1-47-33-34-54(78-46-79(67-32-18-17-31-66(67)78)73-56(49-21-11-9-12-22-49)26-19-27-57(73)51-38-52(75(3,4)5)40-53(39-51)76(6,7)8)41-71(47)82-55-35-36-59-62-43-63-61-29-20-28-60-58-25-15-16-30-65(58)81(74(60)61)70(63)44-69(62)80(68(59)42-55)72-37-48(2)64(45-77-72)50-23-13-10-14-24-50;/h9-40,43-45H,1-8H3;/q-2;/i1D3,2D3;. The van der Waals surface area contributed by atoms with Gasteiger partial charge in [-0.25, -0.2) is 0 Å². The molecule has 0 fully saturated rings. The third-order valence-corrected chi connectivity index (χ3v) is 17.6. The van der Waals surface area contributed by atoms with Crippen LogP contribution in [0.5, 0.6) is 11.5 Å². The second-order valence-electron chi connectivity index (χ2n) is 23.8. The summed E-state index contributed by atoms with van der Waals surface area (Å²) in [6.07, 6.45) is 1.64. The van der Waals surface area contributed by atoms with E-state index in [1.165, 1.54) is 11.1 Å². The zero-order valence-corrected chi connectivity index (χ0v) is 48.9. The van der Waals surface area contributed by atoms with Gasteiger partial charge in [-0.2, -0.15) is 0 Å². The van der Waals surface area contributed by atoms with Crippen LogP contribution in [0.3, 0.4) is 0 Å². The Labute approximate surface area is 502 Å². The molecule has 0 N–H and O–H groups in total. The smallest absolute Gasteiger partial charge is 0.0622 e. The Kier molecular flexibility index (Phi) is 10.2. The average Bonchev–Trinajstić information content (AvgIpc) is 1.57. The molecular formula is C76H59N5OPt-2. The van der Waals surface area contributed by atoms with E-state index in [1.54, 1.807) is 24.4 Å². The molecule has 0 aliphatic heterocycles. The van der Waals surface area contributed by atoms with Crippen molar-refractivity contribution in [3.8, 4) is 62.1 Å². The SMILES string of the molecule is [2H]C([2H])([2H])c1ccc(-n2[c](=[Pt])n(-c3c(-c4ccccc4)cccc3-c3cc(C(C)(C)C)cc(C(C)(C)C)c3)c3ccccc32)[c-]c1Oc1[c-]c2c(cc1)c1cc3c4cccc5c6ccccc6n(c3cc1n2-c1cc(C([2H])([2H])[2H])c(-c2ccccc2)cn1)c54. The summed E-state index contributed by atoms with van der Waals surface area (Å²) in [7, 11) is 0. The summed E-state index contributed by atoms with van der Waals surface area (Å²) in [6, 6.07) is 77.0. The summed E-state index contributed by atoms with van der Waals surface area (Å²) >= 11 is 2.40. The zero-order chi connectivity index (χ0) is 61.6. The Morgan fingerprint density at radius 1 is 0.458 bits per heavy atom. The van der Waals surface area contributed by atoms with Crippen LogP contribution in [0.1, 0.15) is 72.0 Å². The van der Waals surface area contributed by atoms with E-state index in [0.29, 0.717) is 22.6 Å². The van der Waals surface area contributed by atoms with E-state index < -0.39 is 13.7 Å². The number of fused-ring (bicyclic) bond motifs is 10. The van der Waals surface area contributed by atoms with Gasteiger partial charge in [0.15, 0.2) is 0 Å². The van der Waals surface area contributed by atoms with Crippen LogP contribution in [0.15, 0.2) is 212 Å². The molecular weight excluding hydrogens is 1190 g/mol. The molecule has 0 bridgehead atoms. The predicted molar refractivity (Wildman–Crippen MR) is 340 cm³/mol. The van der Waals surface area contributed by atoms with E-state index in [1.807, 2.05) is 65.2 Å². The maximum atomic E-state index is 8.91. The van der Waals surface area contributed by atoms with Gasteiger partial charge in [0.1, 0.15) is 0 Å². The first-order valence-electron chi connectivity index (χ1n) is 31.0. The third-order valence-electron chi connectivity index (χ3n) is 16.6. The van der Waals surface area contributed by atoms with Crippen LogP contribution >= 0.6 is 0 Å². The van der Waals surface area contributed by atoms with Gasteiger partial charge in [0.2, 0.25) is 0 Å². The van der Waals surface area contributed by atoms with Crippen LogP contribution in [0.2, 0.25) is 0 Å². The summed E-state index contributed by atoms with van der Waals surface area (Å²) in [5, 5.41) is 6.19. The molecule has 15 rings (SSSR count). The number of imidazole rings is 1. The van der Waals surface area contributed by atoms with Gasteiger partial charge in [-0.3, -0.25) is 0 Å². The fraction of sp³-hybridized carbons (Fsp3) is 0.132. The molecule has 6 nitrogen and oxygen atoms in total. The van der Waals surface area contributed by atoms with Crippen molar-refractivity contribution in [1.82, 2.24) is 23.1 Å². The third kappa shape index (κ3) is 8.16. The van der Waals surface area contributed by atoms with Crippen LogP contribution in [0, 0.1) is 29.6 Å². The van der Waals surface area contributed by atoms with Crippen LogP contribution in [0.25, 0.3) is 122 Å². The van der Waals surface area contributed by atoms with Crippen molar-refractivity contribution in [1.29, 1.82) is 0 Å². The van der Waals surface area contributed by atoms with Gasteiger partial charge in [0.05, 0.1) is 16.6 Å². The number of rotatable bonds is 8. The molecule has 0 spiro atoms. The number of pyridine rings is 1. The monoisotopic (exact) mass is 1260 g/mol. The van der Waals surface area contributed by atoms with E-state index in [-0.39, 0.29) is 33.5 Å². The minimum atomic E-state index is -2.60. The van der Waals surface area contributed by atoms with E-state index >= 15 is 0 Å². The van der Waals surface area contributed by atoms with E-state index in [0.717, 1.165) is 103 Å². The molecule has 0 saturated heterocycles. The number of nitrogens with zero attached hydrogens (tertiary/aromatic N) is 5. The minimum Gasteiger partial charge on any atom is -0.0622 e. The van der Waals surface area contributed by atoms with Crippen molar-refractivity contribution >= 4 is 70.9 Å². The van der Waals surface area contributed by atoms with Crippen LogP contribution < -0.4 is 4.74 Å². The van der Waals surface area contributed by atoms with Crippen LogP contribution in [0.4, 0.5) is 0 Å². The predicted octanol–water partition coefficient (Wildman–Crippen LogP) is 19.7. The molecule has 5 aromatic heterocycles. The normalized spacial score (nSPS) is 13.8. The summed E-state index contributed by atoms with van der Waals surface area (Å²) in [4.78, 5) is 5.08. The first-order valence-corrected chi connectivity index (χ1v) is 29.2. The van der Waals surface area contributed by atoms with E-state index in [4.69, 9.17) is 17.9 Å². The Hall–Kier alpha value is -9.09. The average molecular weight is 1260 g/mol.